The largest absolute Gasteiger partial charge is 0.0651 e. The van der Waals surface area contributed by atoms with Crippen molar-refractivity contribution >= 4 is 0 Å². The molecule has 120 valence electrons. The molecule has 0 saturated heterocycles. The maximum Gasteiger partial charge on any atom is -0.0266 e. The molecule has 0 aromatic rings. The third kappa shape index (κ3) is 1.93. The molecular formula is C21H36. The van der Waals surface area contributed by atoms with Crippen LogP contribution in [0.5, 0.6) is 0 Å². The number of fused-ring (bicyclic) bond motifs is 5. The normalized spacial score (nSPS) is 56.4. The van der Waals surface area contributed by atoms with Gasteiger partial charge in [-0.3, -0.25) is 0 Å². The second kappa shape index (κ2) is 5.00. The van der Waals surface area contributed by atoms with Gasteiger partial charge >= 0.3 is 0 Å². The van der Waals surface area contributed by atoms with Crippen molar-refractivity contribution in [2.75, 3.05) is 0 Å². The Kier molecular flexibility index (Phi) is 3.47. The Labute approximate surface area is 132 Å². The average Bonchev–Trinajstić information content (AvgIpc) is 2.83. The summed E-state index contributed by atoms with van der Waals surface area (Å²) < 4.78 is 0. The second-order valence-corrected chi connectivity index (χ2v) is 9.63. The van der Waals surface area contributed by atoms with E-state index in [9.17, 15) is 0 Å². The Bertz CT molecular complexity index is 399. The molecule has 0 aromatic carbocycles. The molecule has 0 heteroatoms. The molecule has 0 heterocycles. The van der Waals surface area contributed by atoms with Gasteiger partial charge in [-0.05, 0) is 91.8 Å². The van der Waals surface area contributed by atoms with Gasteiger partial charge in [0.2, 0.25) is 0 Å². The summed E-state index contributed by atoms with van der Waals surface area (Å²) in [7, 11) is 0. The Morgan fingerprint density at radius 2 is 1.57 bits per heavy atom. The van der Waals surface area contributed by atoms with Gasteiger partial charge in [-0.25, -0.2) is 0 Å². The van der Waals surface area contributed by atoms with Crippen LogP contribution < -0.4 is 0 Å². The van der Waals surface area contributed by atoms with Crippen molar-refractivity contribution in [1.29, 1.82) is 0 Å². The summed E-state index contributed by atoms with van der Waals surface area (Å²) in [4.78, 5) is 0. The van der Waals surface area contributed by atoms with E-state index in [0.29, 0.717) is 5.41 Å². The topological polar surface area (TPSA) is 0 Å². The summed E-state index contributed by atoms with van der Waals surface area (Å²) in [6, 6.07) is 0. The average molecular weight is 289 g/mol. The lowest BCUT2D eigenvalue weighted by atomic mass is 9.45. The fraction of sp³-hybridized carbons (Fsp3) is 1.00. The second-order valence-electron chi connectivity index (χ2n) is 9.63. The lowest BCUT2D eigenvalue weighted by Crippen LogP contribution is -2.52. The van der Waals surface area contributed by atoms with E-state index in [0.717, 1.165) is 35.0 Å². The molecule has 0 aliphatic heterocycles. The van der Waals surface area contributed by atoms with E-state index in [1.165, 1.54) is 19.3 Å². The predicted molar refractivity (Wildman–Crippen MR) is 90.1 cm³/mol. The van der Waals surface area contributed by atoms with Crippen molar-refractivity contribution in [3.8, 4) is 0 Å². The van der Waals surface area contributed by atoms with Crippen LogP contribution in [0.25, 0.3) is 0 Å². The smallest absolute Gasteiger partial charge is 0.0266 e. The van der Waals surface area contributed by atoms with Crippen LogP contribution in [-0.2, 0) is 0 Å². The van der Waals surface area contributed by atoms with Crippen LogP contribution in [0.3, 0.4) is 0 Å². The third-order valence-electron chi connectivity index (χ3n) is 9.27. The van der Waals surface area contributed by atoms with E-state index in [2.05, 4.69) is 20.8 Å². The number of rotatable bonds is 1. The lowest BCUT2D eigenvalue weighted by Gasteiger charge is -2.60. The van der Waals surface area contributed by atoms with E-state index in [1.807, 2.05) is 0 Å². The maximum atomic E-state index is 2.71. The van der Waals surface area contributed by atoms with Crippen LogP contribution in [0.4, 0.5) is 0 Å². The molecule has 0 radical (unpaired) electrons. The fourth-order valence-electron chi connectivity index (χ4n) is 8.07. The summed E-state index contributed by atoms with van der Waals surface area (Å²) in [6.45, 7) is 7.84. The summed E-state index contributed by atoms with van der Waals surface area (Å²) >= 11 is 0. The molecule has 0 N–H and O–H groups in total. The van der Waals surface area contributed by atoms with Gasteiger partial charge in [0.25, 0.3) is 0 Å². The zero-order valence-electron chi connectivity index (χ0n) is 14.7. The van der Waals surface area contributed by atoms with Gasteiger partial charge in [0.15, 0.2) is 0 Å². The Hall–Kier alpha value is 0. The Morgan fingerprint density at radius 1 is 0.762 bits per heavy atom. The molecule has 4 aliphatic rings. The summed E-state index contributed by atoms with van der Waals surface area (Å²) in [5.74, 6) is 5.39. The van der Waals surface area contributed by atoms with E-state index >= 15 is 0 Å². The molecule has 4 aliphatic carbocycles. The van der Waals surface area contributed by atoms with Gasteiger partial charge in [0.1, 0.15) is 0 Å². The molecule has 4 rings (SSSR count). The first kappa shape index (κ1) is 14.6. The predicted octanol–water partition coefficient (Wildman–Crippen LogP) is 6.45. The molecule has 0 aromatic heterocycles. The first-order valence-corrected chi connectivity index (χ1v) is 10.1. The highest BCUT2D eigenvalue weighted by Gasteiger charge is 2.59. The van der Waals surface area contributed by atoms with Crippen molar-refractivity contribution in [3.63, 3.8) is 0 Å². The quantitative estimate of drug-likeness (QED) is 0.520. The molecule has 4 saturated carbocycles. The highest BCUT2D eigenvalue weighted by molar-refractivity contribution is 5.08. The van der Waals surface area contributed by atoms with Gasteiger partial charge in [-0.1, -0.05) is 40.0 Å². The zero-order chi connectivity index (χ0) is 14.7. The van der Waals surface area contributed by atoms with Crippen LogP contribution in [0.15, 0.2) is 0 Å². The summed E-state index contributed by atoms with van der Waals surface area (Å²) in [5.41, 5.74) is 1.45. The molecule has 0 unspecified atom stereocenters. The van der Waals surface area contributed by atoms with Crippen molar-refractivity contribution in [2.45, 2.75) is 91.4 Å². The van der Waals surface area contributed by atoms with Crippen LogP contribution in [0.1, 0.15) is 91.4 Å². The van der Waals surface area contributed by atoms with E-state index in [1.54, 1.807) is 51.4 Å². The van der Waals surface area contributed by atoms with Crippen LogP contribution >= 0.6 is 0 Å². The highest BCUT2D eigenvalue weighted by Crippen LogP contribution is 2.67. The molecular weight excluding hydrogens is 252 g/mol. The lowest BCUT2D eigenvalue weighted by molar-refractivity contribution is -0.110. The third-order valence-corrected chi connectivity index (χ3v) is 9.27. The van der Waals surface area contributed by atoms with Gasteiger partial charge in [-0.2, -0.15) is 0 Å². The van der Waals surface area contributed by atoms with Gasteiger partial charge in [-0.15, -0.1) is 0 Å². The maximum absolute atomic E-state index is 2.71. The Morgan fingerprint density at radius 3 is 2.38 bits per heavy atom. The number of hydrogen-bond donors (Lipinski definition) is 0. The first-order chi connectivity index (χ1) is 10.1. The van der Waals surface area contributed by atoms with E-state index in [4.69, 9.17) is 0 Å². The highest BCUT2D eigenvalue weighted by atomic mass is 14.6. The minimum atomic E-state index is 0.716. The van der Waals surface area contributed by atoms with Crippen molar-refractivity contribution in [1.82, 2.24) is 0 Å². The molecule has 7 atom stereocenters. The summed E-state index contributed by atoms with van der Waals surface area (Å²) in [6.07, 6.45) is 17.0. The number of hydrogen-bond acceptors (Lipinski definition) is 0. The van der Waals surface area contributed by atoms with Gasteiger partial charge in [0.05, 0.1) is 0 Å². The monoisotopic (exact) mass is 288 g/mol. The minimum Gasteiger partial charge on any atom is -0.0651 e. The molecule has 0 amide bonds. The SMILES string of the molecule is CC[C@@H]1CC[C@@H]2[C@@H]3CC[C@H]4CCCC[C@]4(C)[C@H]3CC[C@]12C. The molecule has 0 nitrogen and oxygen atoms in total. The van der Waals surface area contributed by atoms with Crippen molar-refractivity contribution in [3.05, 3.63) is 0 Å². The van der Waals surface area contributed by atoms with Gasteiger partial charge in [0, 0.05) is 0 Å². The summed E-state index contributed by atoms with van der Waals surface area (Å²) in [5, 5.41) is 0. The molecule has 4 fully saturated rings. The van der Waals surface area contributed by atoms with Gasteiger partial charge < -0.3 is 0 Å². The van der Waals surface area contributed by atoms with E-state index in [-0.39, 0.29) is 0 Å². The van der Waals surface area contributed by atoms with Crippen LogP contribution in [0, 0.1) is 40.4 Å². The molecule has 0 spiro atoms. The van der Waals surface area contributed by atoms with Crippen molar-refractivity contribution < 1.29 is 0 Å². The molecule has 0 bridgehead atoms. The van der Waals surface area contributed by atoms with E-state index < -0.39 is 0 Å². The van der Waals surface area contributed by atoms with Crippen LogP contribution in [0.2, 0.25) is 0 Å². The van der Waals surface area contributed by atoms with Crippen molar-refractivity contribution in [2.24, 2.45) is 40.4 Å². The van der Waals surface area contributed by atoms with Crippen LogP contribution in [-0.4, -0.2) is 0 Å². The fourth-order valence-corrected chi connectivity index (χ4v) is 8.07. The standard InChI is InChI=1S/C21H36/c1-4-15-9-11-18-17-10-8-16-7-5-6-13-20(16,2)19(17)12-14-21(15,18)3/h15-19H,4-14H2,1-3H3/t15-,16-,17+,18-,19+,20+,21-/m1/s1. The Balaban J connectivity index is 1.62. The minimum absolute atomic E-state index is 0.716. The molecule has 21 heavy (non-hydrogen) atoms. The first-order valence-electron chi connectivity index (χ1n) is 10.1. The zero-order valence-corrected chi connectivity index (χ0v) is 14.7.